The van der Waals surface area contributed by atoms with Crippen molar-refractivity contribution in [2.45, 2.75) is 12.5 Å². The highest BCUT2D eigenvalue weighted by Gasteiger charge is 2.16. The Hall–Kier alpha value is -1.72. The number of nitrogens with zero attached hydrogens (tertiary/aromatic N) is 1. The first-order valence-electron chi connectivity index (χ1n) is 5.46. The number of nitrogens with two attached hydrogens (primary N) is 1. The van der Waals surface area contributed by atoms with Gasteiger partial charge in [0.25, 0.3) is 6.43 Å². The zero-order valence-electron chi connectivity index (χ0n) is 9.72. The lowest BCUT2D eigenvalue weighted by molar-refractivity contribution is 0.151. The molecule has 1 heterocycles. The zero-order valence-corrected chi connectivity index (χ0v) is 10.5. The summed E-state index contributed by atoms with van der Waals surface area (Å²) in [6.45, 7) is 0. The van der Waals surface area contributed by atoms with Gasteiger partial charge in [0.15, 0.2) is 0 Å². The van der Waals surface area contributed by atoms with Crippen LogP contribution in [0.3, 0.4) is 0 Å². The van der Waals surface area contributed by atoms with Crippen molar-refractivity contribution in [1.82, 2.24) is 4.98 Å². The van der Waals surface area contributed by atoms with Crippen molar-refractivity contribution in [1.29, 1.82) is 0 Å². The van der Waals surface area contributed by atoms with Gasteiger partial charge in [-0.1, -0.05) is 35.9 Å². The Morgan fingerprint density at radius 3 is 2.32 bits per heavy atom. The molecule has 0 aliphatic heterocycles. The van der Waals surface area contributed by atoms with Gasteiger partial charge in [0.2, 0.25) is 0 Å². The van der Waals surface area contributed by atoms with E-state index in [9.17, 15) is 13.9 Å². The van der Waals surface area contributed by atoms with E-state index < -0.39 is 12.5 Å². The molecule has 3 nitrogen and oxygen atoms in total. The van der Waals surface area contributed by atoms with E-state index >= 15 is 0 Å². The predicted octanol–water partition coefficient (Wildman–Crippen LogP) is 3.34. The van der Waals surface area contributed by atoms with Crippen molar-refractivity contribution in [2.75, 3.05) is 5.73 Å². The summed E-state index contributed by atoms with van der Waals surface area (Å²) in [4.78, 5) is 3.84. The molecule has 19 heavy (non-hydrogen) atoms. The van der Waals surface area contributed by atoms with E-state index in [-0.39, 0.29) is 11.4 Å². The summed E-state index contributed by atoms with van der Waals surface area (Å²) < 4.78 is 24.9. The number of rotatable bonds is 3. The van der Waals surface area contributed by atoms with Crippen LogP contribution < -0.4 is 5.73 Å². The van der Waals surface area contributed by atoms with E-state index in [0.29, 0.717) is 16.1 Å². The molecule has 0 amide bonds. The number of pyridine rings is 1. The number of halogens is 3. The topological polar surface area (TPSA) is 59.1 Å². The number of aromatic nitrogens is 1. The number of hydrogen-bond acceptors (Lipinski definition) is 3. The van der Waals surface area contributed by atoms with Crippen molar-refractivity contribution >= 4 is 17.4 Å². The number of hydrogen-bond donors (Lipinski definition) is 2. The SMILES string of the molecule is Nc1ncc(Cl)cc1C(O)c1ccc(C(F)F)cc1. The first-order chi connectivity index (χ1) is 8.99. The molecule has 0 aliphatic rings. The van der Waals surface area contributed by atoms with Crippen molar-refractivity contribution in [3.05, 3.63) is 58.2 Å². The standard InChI is InChI=1S/C13H11ClF2N2O/c14-9-5-10(13(17)18-6-9)11(19)7-1-3-8(4-2-7)12(15)16/h1-6,11-12,19H,(H2,17,18). The van der Waals surface area contributed by atoms with Crippen LogP contribution in [-0.2, 0) is 0 Å². The van der Waals surface area contributed by atoms with Crippen LogP contribution in [0.15, 0.2) is 36.5 Å². The van der Waals surface area contributed by atoms with Gasteiger partial charge in [-0.3, -0.25) is 0 Å². The summed E-state index contributed by atoms with van der Waals surface area (Å²) in [6, 6.07) is 6.86. The van der Waals surface area contributed by atoms with Crippen molar-refractivity contribution in [3.8, 4) is 0 Å². The van der Waals surface area contributed by atoms with E-state index in [4.69, 9.17) is 17.3 Å². The molecule has 0 spiro atoms. The molecule has 0 fully saturated rings. The summed E-state index contributed by atoms with van der Waals surface area (Å²) in [5.41, 5.74) is 6.34. The van der Waals surface area contributed by atoms with Crippen LogP contribution in [0.1, 0.15) is 29.2 Å². The summed E-state index contributed by atoms with van der Waals surface area (Å²) in [5.74, 6) is 0.148. The van der Waals surface area contributed by atoms with E-state index in [1.165, 1.54) is 36.5 Å². The minimum atomic E-state index is -2.54. The minimum absolute atomic E-state index is 0.104. The molecule has 0 radical (unpaired) electrons. The average molecular weight is 285 g/mol. The van der Waals surface area contributed by atoms with Crippen LogP contribution in [0, 0.1) is 0 Å². The predicted molar refractivity (Wildman–Crippen MR) is 69.1 cm³/mol. The number of aliphatic hydroxyl groups excluding tert-OH is 1. The van der Waals surface area contributed by atoms with Gasteiger partial charge in [-0.15, -0.1) is 0 Å². The molecule has 2 aromatic rings. The number of anilines is 1. The maximum Gasteiger partial charge on any atom is 0.263 e. The normalized spacial score (nSPS) is 12.7. The van der Waals surface area contributed by atoms with Crippen LogP contribution in [0.25, 0.3) is 0 Å². The quantitative estimate of drug-likeness (QED) is 0.909. The Morgan fingerprint density at radius 1 is 1.16 bits per heavy atom. The molecule has 0 bridgehead atoms. The maximum atomic E-state index is 12.4. The molecule has 0 saturated carbocycles. The highest BCUT2D eigenvalue weighted by Crippen LogP contribution is 2.29. The number of alkyl halides is 2. The summed E-state index contributed by atoms with van der Waals surface area (Å²) in [5, 5.41) is 10.5. The molecule has 100 valence electrons. The van der Waals surface area contributed by atoms with Gasteiger partial charge in [0.05, 0.1) is 5.02 Å². The fourth-order valence-electron chi connectivity index (χ4n) is 1.69. The number of nitrogen functional groups attached to an aromatic ring is 1. The minimum Gasteiger partial charge on any atom is -0.384 e. The fraction of sp³-hybridized carbons (Fsp3) is 0.154. The molecule has 1 unspecified atom stereocenters. The molecule has 1 atom stereocenters. The largest absolute Gasteiger partial charge is 0.384 e. The Balaban J connectivity index is 2.33. The Morgan fingerprint density at radius 2 is 1.74 bits per heavy atom. The second-order valence-corrected chi connectivity index (χ2v) is 4.43. The Bertz CT molecular complexity index is 575. The van der Waals surface area contributed by atoms with E-state index in [1.807, 2.05) is 0 Å². The van der Waals surface area contributed by atoms with Gasteiger partial charge in [-0.2, -0.15) is 0 Å². The molecular weight excluding hydrogens is 274 g/mol. The van der Waals surface area contributed by atoms with Crippen molar-refractivity contribution < 1.29 is 13.9 Å². The van der Waals surface area contributed by atoms with Crippen molar-refractivity contribution in [3.63, 3.8) is 0 Å². The second-order valence-electron chi connectivity index (χ2n) is 4.00. The maximum absolute atomic E-state index is 12.4. The zero-order chi connectivity index (χ0) is 14.0. The van der Waals surface area contributed by atoms with Gasteiger partial charge in [-0.25, -0.2) is 13.8 Å². The van der Waals surface area contributed by atoms with Gasteiger partial charge in [-0.05, 0) is 11.6 Å². The number of benzene rings is 1. The Labute approximate surface area is 113 Å². The van der Waals surface area contributed by atoms with Gasteiger partial charge >= 0.3 is 0 Å². The van der Waals surface area contributed by atoms with Crippen LogP contribution in [0.4, 0.5) is 14.6 Å². The highest BCUT2D eigenvalue weighted by molar-refractivity contribution is 6.30. The van der Waals surface area contributed by atoms with Crippen LogP contribution in [0.2, 0.25) is 5.02 Å². The third-order valence-corrected chi connectivity index (χ3v) is 2.92. The molecule has 0 saturated heterocycles. The lowest BCUT2D eigenvalue weighted by Gasteiger charge is -2.14. The average Bonchev–Trinajstić information content (AvgIpc) is 2.41. The second kappa shape index (κ2) is 5.50. The third kappa shape index (κ3) is 3.00. The molecule has 2 rings (SSSR count). The third-order valence-electron chi connectivity index (χ3n) is 2.71. The highest BCUT2D eigenvalue weighted by atomic mass is 35.5. The molecule has 0 aliphatic carbocycles. The van der Waals surface area contributed by atoms with E-state index in [2.05, 4.69) is 4.98 Å². The number of aliphatic hydroxyl groups is 1. The van der Waals surface area contributed by atoms with Gasteiger partial charge < -0.3 is 10.8 Å². The first kappa shape index (κ1) is 13.7. The summed E-state index contributed by atoms with van der Waals surface area (Å²) in [7, 11) is 0. The van der Waals surface area contributed by atoms with Crippen LogP contribution in [0.5, 0.6) is 0 Å². The molecule has 1 aromatic carbocycles. The van der Waals surface area contributed by atoms with Crippen LogP contribution >= 0.6 is 11.6 Å². The summed E-state index contributed by atoms with van der Waals surface area (Å²) >= 11 is 5.79. The molecule has 6 heteroatoms. The lowest BCUT2D eigenvalue weighted by atomic mass is 10.0. The fourth-order valence-corrected chi connectivity index (χ4v) is 1.85. The van der Waals surface area contributed by atoms with Crippen molar-refractivity contribution in [2.24, 2.45) is 0 Å². The monoisotopic (exact) mass is 284 g/mol. The smallest absolute Gasteiger partial charge is 0.263 e. The van der Waals surface area contributed by atoms with E-state index in [1.54, 1.807) is 0 Å². The Kier molecular flexibility index (Phi) is 3.97. The first-order valence-corrected chi connectivity index (χ1v) is 5.84. The molecular formula is C13H11ClF2N2O. The molecule has 1 aromatic heterocycles. The summed E-state index contributed by atoms with van der Waals surface area (Å²) in [6.07, 6.45) is -2.23. The van der Waals surface area contributed by atoms with Gasteiger partial charge in [0, 0.05) is 17.3 Å². The van der Waals surface area contributed by atoms with Crippen LogP contribution in [-0.4, -0.2) is 10.1 Å². The molecule has 3 N–H and O–H groups in total. The van der Waals surface area contributed by atoms with E-state index in [0.717, 1.165) is 0 Å². The van der Waals surface area contributed by atoms with Gasteiger partial charge in [0.1, 0.15) is 11.9 Å². The lowest BCUT2D eigenvalue weighted by Crippen LogP contribution is -2.05.